The van der Waals surface area contributed by atoms with E-state index in [-0.39, 0.29) is 5.92 Å². The molecular weight excluding hydrogens is 322 g/mol. The standard InChI is InChI=1S/C15H20BrNO3/c16-13-5-6-14(18)12(7-13)9-17-8-10-1-3-11(4-2-10)15(19)20/h5-7,10-11,17-18H,1-4,8-9H2,(H,19,20). The van der Waals surface area contributed by atoms with Crippen molar-refractivity contribution in [3.8, 4) is 5.75 Å². The second-order valence-corrected chi connectivity index (χ2v) is 6.38. The zero-order valence-corrected chi connectivity index (χ0v) is 12.9. The fraction of sp³-hybridized carbons (Fsp3) is 0.533. The molecule has 1 fully saturated rings. The molecule has 20 heavy (non-hydrogen) atoms. The molecule has 0 spiro atoms. The molecule has 0 unspecified atom stereocenters. The highest BCUT2D eigenvalue weighted by Gasteiger charge is 2.25. The minimum absolute atomic E-state index is 0.152. The van der Waals surface area contributed by atoms with Crippen molar-refractivity contribution in [3.63, 3.8) is 0 Å². The van der Waals surface area contributed by atoms with Crippen LogP contribution in [0.2, 0.25) is 0 Å². The predicted octanol–water partition coefficient (Wildman–Crippen LogP) is 3.14. The summed E-state index contributed by atoms with van der Waals surface area (Å²) in [5.41, 5.74) is 0.874. The topological polar surface area (TPSA) is 69.6 Å². The van der Waals surface area contributed by atoms with E-state index in [1.165, 1.54) is 0 Å². The Morgan fingerprint density at radius 2 is 2.00 bits per heavy atom. The molecule has 1 aliphatic rings. The van der Waals surface area contributed by atoms with E-state index < -0.39 is 5.97 Å². The van der Waals surface area contributed by atoms with Crippen molar-refractivity contribution in [2.24, 2.45) is 11.8 Å². The molecule has 5 heteroatoms. The average molecular weight is 342 g/mol. The van der Waals surface area contributed by atoms with E-state index in [9.17, 15) is 9.90 Å². The van der Waals surface area contributed by atoms with Crippen molar-refractivity contribution in [2.75, 3.05) is 6.54 Å². The smallest absolute Gasteiger partial charge is 0.306 e. The van der Waals surface area contributed by atoms with E-state index in [2.05, 4.69) is 21.2 Å². The predicted molar refractivity (Wildman–Crippen MR) is 80.6 cm³/mol. The number of hydrogen-bond donors (Lipinski definition) is 3. The van der Waals surface area contributed by atoms with Gasteiger partial charge in [-0.3, -0.25) is 4.79 Å². The van der Waals surface area contributed by atoms with Gasteiger partial charge in [0, 0.05) is 16.6 Å². The largest absolute Gasteiger partial charge is 0.508 e. The first-order valence-electron chi connectivity index (χ1n) is 6.97. The Balaban J connectivity index is 1.74. The van der Waals surface area contributed by atoms with E-state index in [1.807, 2.05) is 12.1 Å². The Labute approximate surface area is 127 Å². The number of carboxylic acids is 1. The van der Waals surface area contributed by atoms with Crippen LogP contribution >= 0.6 is 15.9 Å². The highest BCUT2D eigenvalue weighted by atomic mass is 79.9. The molecule has 0 atom stereocenters. The zero-order chi connectivity index (χ0) is 14.5. The molecule has 4 nitrogen and oxygen atoms in total. The number of carbonyl (C=O) groups is 1. The molecule has 0 saturated heterocycles. The molecule has 0 amide bonds. The normalized spacial score (nSPS) is 22.6. The molecule has 0 bridgehead atoms. The van der Waals surface area contributed by atoms with Crippen LogP contribution in [0.1, 0.15) is 31.2 Å². The van der Waals surface area contributed by atoms with Crippen LogP contribution in [0.15, 0.2) is 22.7 Å². The highest BCUT2D eigenvalue weighted by molar-refractivity contribution is 9.10. The van der Waals surface area contributed by atoms with Crippen molar-refractivity contribution in [1.82, 2.24) is 5.32 Å². The maximum absolute atomic E-state index is 10.9. The number of nitrogens with one attached hydrogen (secondary N) is 1. The molecule has 1 aromatic carbocycles. The minimum Gasteiger partial charge on any atom is -0.508 e. The van der Waals surface area contributed by atoms with Crippen molar-refractivity contribution < 1.29 is 15.0 Å². The van der Waals surface area contributed by atoms with Crippen molar-refractivity contribution in [3.05, 3.63) is 28.2 Å². The summed E-state index contributed by atoms with van der Waals surface area (Å²) in [6.07, 6.45) is 3.50. The average Bonchev–Trinajstić information content (AvgIpc) is 2.43. The summed E-state index contributed by atoms with van der Waals surface area (Å²) in [4.78, 5) is 10.9. The fourth-order valence-electron chi connectivity index (χ4n) is 2.72. The molecule has 3 N–H and O–H groups in total. The zero-order valence-electron chi connectivity index (χ0n) is 11.3. The van der Waals surface area contributed by atoms with Crippen molar-refractivity contribution in [2.45, 2.75) is 32.2 Å². The van der Waals surface area contributed by atoms with Crippen LogP contribution in [0.3, 0.4) is 0 Å². The van der Waals surface area contributed by atoms with E-state index in [0.717, 1.165) is 42.3 Å². The number of aliphatic carboxylic acids is 1. The molecule has 1 aliphatic carbocycles. The number of aromatic hydroxyl groups is 1. The van der Waals surface area contributed by atoms with E-state index in [0.29, 0.717) is 18.2 Å². The van der Waals surface area contributed by atoms with Crippen LogP contribution in [-0.2, 0) is 11.3 Å². The first-order valence-corrected chi connectivity index (χ1v) is 7.76. The van der Waals surface area contributed by atoms with Crippen LogP contribution in [-0.4, -0.2) is 22.7 Å². The van der Waals surface area contributed by atoms with Crippen LogP contribution in [0.5, 0.6) is 5.75 Å². The summed E-state index contributed by atoms with van der Waals surface area (Å²) in [6, 6.07) is 5.40. The third-order valence-electron chi connectivity index (χ3n) is 3.99. The first kappa shape index (κ1) is 15.3. The molecule has 110 valence electrons. The number of hydrogen-bond acceptors (Lipinski definition) is 3. The quantitative estimate of drug-likeness (QED) is 0.769. The minimum atomic E-state index is -0.657. The summed E-state index contributed by atoms with van der Waals surface area (Å²) in [7, 11) is 0. The summed E-state index contributed by atoms with van der Waals surface area (Å²) in [5, 5.41) is 22.1. The third kappa shape index (κ3) is 4.21. The first-order chi connectivity index (χ1) is 9.56. The number of phenolic OH excluding ortho intramolecular Hbond substituents is 1. The number of benzene rings is 1. The highest BCUT2D eigenvalue weighted by Crippen LogP contribution is 2.28. The molecule has 1 saturated carbocycles. The van der Waals surface area contributed by atoms with Gasteiger partial charge in [0.05, 0.1) is 5.92 Å². The number of phenols is 1. The lowest BCUT2D eigenvalue weighted by Gasteiger charge is -2.26. The number of halogens is 1. The van der Waals surface area contributed by atoms with Gasteiger partial charge in [-0.05, 0) is 56.3 Å². The van der Waals surface area contributed by atoms with E-state index in [1.54, 1.807) is 6.07 Å². The number of carboxylic acid groups (broad SMARTS) is 1. The lowest BCUT2D eigenvalue weighted by molar-refractivity contribution is -0.143. The SMILES string of the molecule is O=C(O)C1CCC(CNCc2cc(Br)ccc2O)CC1. The van der Waals surface area contributed by atoms with Crippen molar-refractivity contribution >= 4 is 21.9 Å². The van der Waals surface area contributed by atoms with Gasteiger partial charge in [0.2, 0.25) is 0 Å². The summed E-state index contributed by atoms with van der Waals surface area (Å²) in [6.45, 7) is 1.50. The fourth-order valence-corrected chi connectivity index (χ4v) is 3.13. The summed E-state index contributed by atoms with van der Waals surface area (Å²) < 4.78 is 0.953. The van der Waals surface area contributed by atoms with Gasteiger partial charge in [0.1, 0.15) is 5.75 Å². The Morgan fingerprint density at radius 3 is 2.65 bits per heavy atom. The Bertz CT molecular complexity index is 470. The van der Waals surface area contributed by atoms with Gasteiger partial charge in [-0.15, -0.1) is 0 Å². The van der Waals surface area contributed by atoms with Gasteiger partial charge in [0.15, 0.2) is 0 Å². The summed E-state index contributed by atoms with van der Waals surface area (Å²) >= 11 is 3.39. The van der Waals surface area contributed by atoms with Gasteiger partial charge in [-0.1, -0.05) is 15.9 Å². The van der Waals surface area contributed by atoms with Gasteiger partial charge >= 0.3 is 5.97 Å². The van der Waals surface area contributed by atoms with Gasteiger partial charge in [-0.25, -0.2) is 0 Å². The second-order valence-electron chi connectivity index (χ2n) is 5.46. The van der Waals surface area contributed by atoms with Crippen LogP contribution in [0.25, 0.3) is 0 Å². The molecule has 2 rings (SSSR count). The lowest BCUT2D eigenvalue weighted by atomic mass is 9.82. The Hall–Kier alpha value is -1.07. The van der Waals surface area contributed by atoms with E-state index in [4.69, 9.17) is 5.11 Å². The molecular formula is C15H20BrNO3. The third-order valence-corrected chi connectivity index (χ3v) is 4.48. The van der Waals surface area contributed by atoms with Gasteiger partial charge in [-0.2, -0.15) is 0 Å². The molecule has 0 aromatic heterocycles. The number of rotatable bonds is 5. The molecule has 0 heterocycles. The van der Waals surface area contributed by atoms with Gasteiger partial charge in [0.25, 0.3) is 0 Å². The van der Waals surface area contributed by atoms with Gasteiger partial charge < -0.3 is 15.5 Å². The lowest BCUT2D eigenvalue weighted by Crippen LogP contribution is -2.28. The van der Waals surface area contributed by atoms with Crippen LogP contribution < -0.4 is 5.32 Å². The molecule has 0 aliphatic heterocycles. The second kappa shape index (κ2) is 7.09. The monoisotopic (exact) mass is 341 g/mol. The van der Waals surface area contributed by atoms with Crippen LogP contribution in [0, 0.1) is 11.8 Å². The maximum Gasteiger partial charge on any atom is 0.306 e. The molecule has 1 aromatic rings. The molecule has 0 radical (unpaired) electrons. The Morgan fingerprint density at radius 1 is 1.30 bits per heavy atom. The van der Waals surface area contributed by atoms with Crippen molar-refractivity contribution in [1.29, 1.82) is 0 Å². The van der Waals surface area contributed by atoms with Crippen LogP contribution in [0.4, 0.5) is 0 Å². The summed E-state index contributed by atoms with van der Waals surface area (Å²) in [5.74, 6) is 0.0334. The van der Waals surface area contributed by atoms with E-state index >= 15 is 0 Å². The maximum atomic E-state index is 10.9. The Kier molecular flexibility index (Phi) is 5.43.